The fraction of sp³-hybridized carbons (Fsp3) is 0.529. The van der Waals surface area contributed by atoms with E-state index in [0.717, 1.165) is 18.5 Å². The largest absolute Gasteiger partial charge is 0.336 e. The van der Waals surface area contributed by atoms with Crippen molar-refractivity contribution < 1.29 is 4.79 Å². The van der Waals surface area contributed by atoms with E-state index in [4.69, 9.17) is 0 Å². The topological polar surface area (TPSA) is 84.7 Å². The Morgan fingerprint density at radius 3 is 2.54 bits per heavy atom. The van der Waals surface area contributed by atoms with Crippen molar-refractivity contribution in [2.45, 2.75) is 52.6 Å². The molecule has 1 aromatic heterocycles. The van der Waals surface area contributed by atoms with Crippen molar-refractivity contribution in [1.82, 2.24) is 30.8 Å². The van der Waals surface area contributed by atoms with Crippen LogP contribution in [0, 0.1) is 5.92 Å². The molecule has 2 amide bonds. The molecule has 1 heterocycles. The van der Waals surface area contributed by atoms with Gasteiger partial charge in [0.15, 0.2) is 5.82 Å². The molecule has 3 unspecified atom stereocenters. The molecule has 0 fully saturated rings. The number of benzene rings is 1. The standard InChI is InChI=1S/C17H26N6O/c1-5-12(2)11-13(3)18-17(24)19-14(4)16-20-21-22-23(16)15-9-7-6-8-10-15/h6-10,12-14H,5,11H2,1-4H3,(H2,18,19,24). The molecule has 2 N–H and O–H groups in total. The molecule has 1 aromatic carbocycles. The van der Waals surface area contributed by atoms with Crippen molar-refractivity contribution in [2.24, 2.45) is 5.92 Å². The van der Waals surface area contributed by atoms with E-state index >= 15 is 0 Å². The van der Waals surface area contributed by atoms with Crippen LogP contribution < -0.4 is 10.6 Å². The van der Waals surface area contributed by atoms with E-state index in [0.29, 0.717) is 11.7 Å². The number of para-hydroxylation sites is 1. The van der Waals surface area contributed by atoms with E-state index in [2.05, 4.69) is 40.0 Å². The minimum Gasteiger partial charge on any atom is -0.336 e. The van der Waals surface area contributed by atoms with Gasteiger partial charge < -0.3 is 10.6 Å². The van der Waals surface area contributed by atoms with Gasteiger partial charge in [-0.1, -0.05) is 38.5 Å². The van der Waals surface area contributed by atoms with Crippen LogP contribution in [-0.2, 0) is 0 Å². The molecule has 130 valence electrons. The molecule has 2 aromatic rings. The van der Waals surface area contributed by atoms with Crippen molar-refractivity contribution in [3.63, 3.8) is 0 Å². The fourth-order valence-electron chi connectivity index (χ4n) is 2.57. The van der Waals surface area contributed by atoms with E-state index in [1.54, 1.807) is 4.68 Å². The van der Waals surface area contributed by atoms with Crippen LogP contribution in [0.25, 0.3) is 5.69 Å². The Morgan fingerprint density at radius 1 is 1.17 bits per heavy atom. The summed E-state index contributed by atoms with van der Waals surface area (Å²) in [5, 5.41) is 17.7. The predicted molar refractivity (Wildman–Crippen MR) is 92.8 cm³/mol. The third-order valence-electron chi connectivity index (χ3n) is 4.06. The minimum atomic E-state index is -0.309. The molecule has 7 heteroatoms. The molecule has 0 bridgehead atoms. The second-order valence-electron chi connectivity index (χ2n) is 6.27. The quantitative estimate of drug-likeness (QED) is 0.817. The van der Waals surface area contributed by atoms with Gasteiger partial charge in [0.2, 0.25) is 0 Å². The van der Waals surface area contributed by atoms with Crippen LogP contribution >= 0.6 is 0 Å². The van der Waals surface area contributed by atoms with Gasteiger partial charge in [-0.25, -0.2) is 4.79 Å². The Morgan fingerprint density at radius 2 is 1.88 bits per heavy atom. The summed E-state index contributed by atoms with van der Waals surface area (Å²) in [6.07, 6.45) is 2.07. The summed E-state index contributed by atoms with van der Waals surface area (Å²) >= 11 is 0. The minimum absolute atomic E-state index is 0.122. The Kier molecular flexibility index (Phi) is 6.28. The molecular weight excluding hydrogens is 304 g/mol. The Balaban J connectivity index is 1.97. The number of amides is 2. The lowest BCUT2D eigenvalue weighted by molar-refractivity contribution is 0.232. The van der Waals surface area contributed by atoms with Gasteiger partial charge in [-0.3, -0.25) is 0 Å². The number of aromatic nitrogens is 4. The number of urea groups is 1. The summed E-state index contributed by atoms with van der Waals surface area (Å²) in [6.45, 7) is 8.23. The summed E-state index contributed by atoms with van der Waals surface area (Å²) in [7, 11) is 0. The lowest BCUT2D eigenvalue weighted by Gasteiger charge is -2.20. The molecule has 0 saturated heterocycles. The number of tetrazole rings is 1. The van der Waals surface area contributed by atoms with Gasteiger partial charge in [-0.05, 0) is 48.7 Å². The second-order valence-corrected chi connectivity index (χ2v) is 6.27. The number of hydrogen-bond donors (Lipinski definition) is 2. The Bertz CT molecular complexity index is 642. The van der Waals surface area contributed by atoms with Gasteiger partial charge in [0.1, 0.15) is 0 Å². The highest BCUT2D eigenvalue weighted by molar-refractivity contribution is 5.74. The second kappa shape index (κ2) is 8.42. The zero-order valence-corrected chi connectivity index (χ0v) is 14.7. The van der Waals surface area contributed by atoms with Crippen molar-refractivity contribution in [2.75, 3.05) is 0 Å². The molecule has 0 aliphatic carbocycles. The molecule has 0 aliphatic heterocycles. The van der Waals surface area contributed by atoms with Gasteiger partial charge in [0.05, 0.1) is 11.7 Å². The van der Waals surface area contributed by atoms with E-state index in [9.17, 15) is 4.79 Å². The van der Waals surface area contributed by atoms with Crippen molar-refractivity contribution >= 4 is 6.03 Å². The highest BCUT2D eigenvalue weighted by Gasteiger charge is 2.19. The van der Waals surface area contributed by atoms with Gasteiger partial charge >= 0.3 is 6.03 Å². The smallest absolute Gasteiger partial charge is 0.315 e. The molecule has 0 saturated carbocycles. The normalized spacial score (nSPS) is 14.7. The molecule has 3 atom stereocenters. The number of carbonyl (C=O) groups excluding carboxylic acids is 1. The van der Waals surface area contributed by atoms with Gasteiger partial charge in [0, 0.05) is 6.04 Å². The molecule has 24 heavy (non-hydrogen) atoms. The van der Waals surface area contributed by atoms with Gasteiger partial charge in [-0.2, -0.15) is 4.68 Å². The summed E-state index contributed by atoms with van der Waals surface area (Å²) in [4.78, 5) is 12.2. The maximum Gasteiger partial charge on any atom is 0.315 e. The van der Waals surface area contributed by atoms with Gasteiger partial charge in [-0.15, -0.1) is 5.10 Å². The van der Waals surface area contributed by atoms with Crippen LogP contribution in [0.4, 0.5) is 4.79 Å². The van der Waals surface area contributed by atoms with Crippen molar-refractivity contribution in [1.29, 1.82) is 0 Å². The predicted octanol–water partition coefficient (Wildman–Crippen LogP) is 2.85. The number of hydrogen-bond acceptors (Lipinski definition) is 4. The van der Waals surface area contributed by atoms with Crippen LogP contribution in [0.5, 0.6) is 0 Å². The number of carbonyl (C=O) groups is 1. The summed E-state index contributed by atoms with van der Waals surface area (Å²) in [6, 6.07) is 9.21. The molecule has 0 spiro atoms. The van der Waals surface area contributed by atoms with E-state index in [-0.39, 0.29) is 18.1 Å². The summed E-state index contributed by atoms with van der Waals surface area (Å²) in [5.41, 5.74) is 0.858. The molecule has 0 aliphatic rings. The lowest BCUT2D eigenvalue weighted by atomic mass is 10.0. The van der Waals surface area contributed by atoms with Crippen molar-refractivity contribution in [3.8, 4) is 5.69 Å². The Hall–Kier alpha value is -2.44. The number of nitrogens with one attached hydrogen (secondary N) is 2. The molecule has 2 rings (SSSR count). The average molecular weight is 330 g/mol. The van der Waals surface area contributed by atoms with Crippen LogP contribution in [-0.4, -0.2) is 32.3 Å². The Labute approximate surface area is 142 Å². The molecule has 7 nitrogen and oxygen atoms in total. The zero-order chi connectivity index (χ0) is 17.5. The highest BCUT2D eigenvalue weighted by atomic mass is 16.2. The lowest BCUT2D eigenvalue weighted by Crippen LogP contribution is -2.42. The maximum atomic E-state index is 12.2. The maximum absolute atomic E-state index is 12.2. The fourth-order valence-corrected chi connectivity index (χ4v) is 2.57. The van der Waals surface area contributed by atoms with Crippen LogP contribution in [0.3, 0.4) is 0 Å². The van der Waals surface area contributed by atoms with Crippen LogP contribution in [0.15, 0.2) is 30.3 Å². The SMILES string of the molecule is CCC(C)CC(C)NC(=O)NC(C)c1nnnn1-c1ccccc1. The first-order valence-electron chi connectivity index (χ1n) is 8.42. The first-order chi connectivity index (χ1) is 11.5. The third kappa shape index (κ3) is 4.78. The molecule has 0 radical (unpaired) electrons. The van der Waals surface area contributed by atoms with E-state index in [1.165, 1.54) is 0 Å². The first-order valence-corrected chi connectivity index (χ1v) is 8.42. The summed E-state index contributed by atoms with van der Waals surface area (Å²) in [5.74, 6) is 1.18. The number of rotatable bonds is 7. The molecular formula is C17H26N6O. The monoisotopic (exact) mass is 330 g/mol. The average Bonchev–Trinajstić information content (AvgIpc) is 3.04. The summed E-state index contributed by atoms with van der Waals surface area (Å²) < 4.78 is 1.63. The first kappa shape index (κ1) is 17.9. The van der Waals surface area contributed by atoms with Crippen molar-refractivity contribution in [3.05, 3.63) is 36.2 Å². The van der Waals surface area contributed by atoms with Gasteiger partial charge in [0.25, 0.3) is 0 Å². The van der Waals surface area contributed by atoms with E-state index < -0.39 is 0 Å². The van der Waals surface area contributed by atoms with E-state index in [1.807, 2.05) is 44.2 Å². The number of nitrogens with zero attached hydrogens (tertiary/aromatic N) is 4. The third-order valence-corrected chi connectivity index (χ3v) is 4.06. The van der Waals surface area contributed by atoms with Crippen LogP contribution in [0.1, 0.15) is 52.4 Å². The van der Waals surface area contributed by atoms with Crippen LogP contribution in [0.2, 0.25) is 0 Å². The zero-order valence-electron chi connectivity index (χ0n) is 14.7. The highest BCUT2D eigenvalue weighted by Crippen LogP contribution is 2.14.